The quantitative estimate of drug-likeness (QED) is 0.407. The fraction of sp³-hybridized carbons (Fsp3) is 0.862. The smallest absolute Gasteiger partial charge is 0.00853 e. The van der Waals surface area contributed by atoms with E-state index in [-0.39, 0.29) is 0 Å². The molecular formula is C29H48. The summed E-state index contributed by atoms with van der Waals surface area (Å²) < 4.78 is 0. The summed E-state index contributed by atoms with van der Waals surface area (Å²) in [6.07, 6.45) is 22.3. The standard InChI is InChI=1S/C29H48/c1-7-22(20(2)3)12-11-21(4)25-15-16-26-24-14-13-23-10-8-9-18-28(23,5)27(24)17-19-29(25,26)6/h10-12,20-22,24-27H,7-9,13-19H2,1-6H3/b12-11+/t21-,22-,24+,25-,26+,27+,28+,29-/m1/s1. The Labute approximate surface area is 182 Å². The van der Waals surface area contributed by atoms with Gasteiger partial charge in [-0.2, -0.15) is 0 Å². The predicted octanol–water partition coefficient (Wildman–Crippen LogP) is 8.83. The largest absolute Gasteiger partial charge is 0.0851 e. The Bertz CT molecular complexity index is 638. The first-order valence-corrected chi connectivity index (χ1v) is 13.2. The fourth-order valence-corrected chi connectivity index (χ4v) is 8.94. The van der Waals surface area contributed by atoms with Crippen LogP contribution in [0.15, 0.2) is 23.8 Å². The van der Waals surface area contributed by atoms with Gasteiger partial charge in [0.15, 0.2) is 0 Å². The van der Waals surface area contributed by atoms with Crippen molar-refractivity contribution in [1.29, 1.82) is 0 Å². The third-order valence-electron chi connectivity index (χ3n) is 10.7. The summed E-state index contributed by atoms with van der Waals surface area (Å²) in [6.45, 7) is 15.0. The van der Waals surface area contributed by atoms with Crippen molar-refractivity contribution in [2.24, 2.45) is 52.3 Å². The van der Waals surface area contributed by atoms with E-state index in [1.165, 1.54) is 64.2 Å². The molecule has 0 spiro atoms. The number of allylic oxidation sites excluding steroid dienone is 4. The van der Waals surface area contributed by atoms with Crippen molar-refractivity contribution in [3.05, 3.63) is 23.8 Å². The Kier molecular flexibility index (Phi) is 6.14. The van der Waals surface area contributed by atoms with E-state index >= 15 is 0 Å². The summed E-state index contributed by atoms with van der Waals surface area (Å²) in [6, 6.07) is 0. The molecule has 0 heterocycles. The molecule has 0 amide bonds. The van der Waals surface area contributed by atoms with Crippen molar-refractivity contribution in [3.8, 4) is 0 Å². The van der Waals surface area contributed by atoms with E-state index in [2.05, 4.69) is 59.8 Å². The molecule has 0 aliphatic heterocycles. The highest BCUT2D eigenvalue weighted by Gasteiger charge is 2.58. The topological polar surface area (TPSA) is 0 Å². The summed E-state index contributed by atoms with van der Waals surface area (Å²) in [5.41, 5.74) is 3.01. The molecule has 0 aromatic heterocycles. The van der Waals surface area contributed by atoms with Crippen LogP contribution in [0, 0.1) is 52.3 Å². The minimum absolute atomic E-state index is 0.553. The normalized spacial score (nSPS) is 44.2. The van der Waals surface area contributed by atoms with E-state index in [1.54, 1.807) is 0 Å². The Morgan fingerprint density at radius 2 is 1.79 bits per heavy atom. The Balaban J connectivity index is 1.51. The molecule has 0 nitrogen and oxygen atoms in total. The molecule has 0 bridgehead atoms. The molecule has 0 aromatic rings. The lowest BCUT2D eigenvalue weighted by atomic mass is 9.46. The van der Waals surface area contributed by atoms with Gasteiger partial charge in [0.25, 0.3) is 0 Å². The highest BCUT2D eigenvalue weighted by molar-refractivity contribution is 5.24. The third-order valence-corrected chi connectivity index (χ3v) is 10.7. The minimum atomic E-state index is 0.553. The van der Waals surface area contributed by atoms with E-state index in [1.807, 2.05) is 5.57 Å². The van der Waals surface area contributed by atoms with Crippen molar-refractivity contribution >= 4 is 0 Å². The van der Waals surface area contributed by atoms with Crippen LogP contribution in [0.1, 0.15) is 106 Å². The number of fused-ring (bicyclic) bond motifs is 5. The summed E-state index contributed by atoms with van der Waals surface area (Å²) in [4.78, 5) is 0. The molecule has 0 N–H and O–H groups in total. The molecule has 0 saturated heterocycles. The van der Waals surface area contributed by atoms with Gasteiger partial charge in [0.05, 0.1) is 0 Å². The van der Waals surface area contributed by atoms with Gasteiger partial charge in [-0.3, -0.25) is 0 Å². The lowest BCUT2D eigenvalue weighted by Gasteiger charge is -2.58. The Hall–Kier alpha value is -0.520. The van der Waals surface area contributed by atoms with Gasteiger partial charge in [-0.1, -0.05) is 65.3 Å². The lowest BCUT2D eigenvalue weighted by Crippen LogP contribution is -2.50. The zero-order valence-electron chi connectivity index (χ0n) is 20.3. The van der Waals surface area contributed by atoms with Crippen LogP contribution >= 0.6 is 0 Å². The van der Waals surface area contributed by atoms with Crippen LogP contribution in [-0.4, -0.2) is 0 Å². The van der Waals surface area contributed by atoms with Crippen molar-refractivity contribution in [2.75, 3.05) is 0 Å². The van der Waals surface area contributed by atoms with Gasteiger partial charge in [0.2, 0.25) is 0 Å². The van der Waals surface area contributed by atoms with Crippen LogP contribution in [0.4, 0.5) is 0 Å². The van der Waals surface area contributed by atoms with Crippen LogP contribution < -0.4 is 0 Å². The average Bonchev–Trinajstić information content (AvgIpc) is 3.05. The summed E-state index contributed by atoms with van der Waals surface area (Å²) >= 11 is 0. The van der Waals surface area contributed by atoms with Gasteiger partial charge in [-0.15, -0.1) is 0 Å². The minimum Gasteiger partial charge on any atom is -0.0851 e. The monoisotopic (exact) mass is 396 g/mol. The van der Waals surface area contributed by atoms with E-state index in [0.717, 1.165) is 41.4 Å². The van der Waals surface area contributed by atoms with Crippen molar-refractivity contribution in [2.45, 2.75) is 106 Å². The van der Waals surface area contributed by atoms with Gasteiger partial charge in [0.1, 0.15) is 0 Å². The maximum absolute atomic E-state index is 2.71. The molecule has 4 aliphatic carbocycles. The van der Waals surface area contributed by atoms with Crippen molar-refractivity contribution < 1.29 is 0 Å². The van der Waals surface area contributed by atoms with E-state index in [9.17, 15) is 0 Å². The van der Waals surface area contributed by atoms with E-state index < -0.39 is 0 Å². The van der Waals surface area contributed by atoms with Gasteiger partial charge in [-0.25, -0.2) is 0 Å². The summed E-state index contributed by atoms with van der Waals surface area (Å²) in [5.74, 6) is 6.17. The Morgan fingerprint density at radius 3 is 2.52 bits per heavy atom. The molecule has 4 rings (SSSR count). The summed E-state index contributed by atoms with van der Waals surface area (Å²) in [7, 11) is 0. The maximum atomic E-state index is 2.71. The van der Waals surface area contributed by atoms with E-state index in [0.29, 0.717) is 10.8 Å². The zero-order chi connectivity index (χ0) is 20.8. The highest BCUT2D eigenvalue weighted by Crippen LogP contribution is 2.67. The number of hydrogen-bond donors (Lipinski definition) is 0. The molecule has 164 valence electrons. The number of rotatable bonds is 5. The first kappa shape index (κ1) is 21.7. The molecule has 0 aromatic carbocycles. The van der Waals surface area contributed by atoms with Crippen LogP contribution in [0.25, 0.3) is 0 Å². The SMILES string of the molecule is CC[C@H](/C=C/[C@@H](C)[C@H]1CC[C@H]2[C@@H]3CCC4=CCCC[C@]4(C)[C@H]3CC[C@]12C)C(C)C. The second-order valence-corrected chi connectivity index (χ2v) is 12.2. The molecule has 0 unspecified atom stereocenters. The molecule has 8 atom stereocenters. The van der Waals surface area contributed by atoms with Gasteiger partial charge < -0.3 is 0 Å². The van der Waals surface area contributed by atoms with Crippen molar-refractivity contribution in [3.63, 3.8) is 0 Å². The maximum Gasteiger partial charge on any atom is -0.00853 e. The van der Waals surface area contributed by atoms with Gasteiger partial charge in [0, 0.05) is 0 Å². The second-order valence-electron chi connectivity index (χ2n) is 12.2. The lowest BCUT2D eigenvalue weighted by molar-refractivity contribution is -0.0558. The zero-order valence-corrected chi connectivity index (χ0v) is 20.3. The van der Waals surface area contributed by atoms with E-state index in [4.69, 9.17) is 0 Å². The second kappa shape index (κ2) is 8.20. The number of hydrogen-bond acceptors (Lipinski definition) is 0. The predicted molar refractivity (Wildman–Crippen MR) is 127 cm³/mol. The molecule has 0 heteroatoms. The highest BCUT2D eigenvalue weighted by atomic mass is 14.6. The molecule has 3 fully saturated rings. The Morgan fingerprint density at radius 1 is 1.00 bits per heavy atom. The fourth-order valence-electron chi connectivity index (χ4n) is 8.94. The first-order chi connectivity index (χ1) is 13.8. The van der Waals surface area contributed by atoms with Crippen LogP contribution in [0.5, 0.6) is 0 Å². The van der Waals surface area contributed by atoms with Gasteiger partial charge >= 0.3 is 0 Å². The summed E-state index contributed by atoms with van der Waals surface area (Å²) in [5, 5.41) is 0. The molecule has 0 radical (unpaired) electrons. The van der Waals surface area contributed by atoms with Gasteiger partial charge in [-0.05, 0) is 116 Å². The third kappa shape index (κ3) is 3.59. The molecule has 29 heavy (non-hydrogen) atoms. The molecule has 4 aliphatic rings. The van der Waals surface area contributed by atoms with Crippen LogP contribution in [-0.2, 0) is 0 Å². The molecule has 3 saturated carbocycles. The molecular weight excluding hydrogens is 348 g/mol. The first-order valence-electron chi connectivity index (χ1n) is 13.2. The van der Waals surface area contributed by atoms with Crippen LogP contribution in [0.3, 0.4) is 0 Å². The average molecular weight is 397 g/mol. The van der Waals surface area contributed by atoms with Crippen LogP contribution in [0.2, 0.25) is 0 Å². The van der Waals surface area contributed by atoms with Crippen molar-refractivity contribution in [1.82, 2.24) is 0 Å².